The zero-order chi connectivity index (χ0) is 11.5. The summed E-state index contributed by atoms with van der Waals surface area (Å²) in [6.45, 7) is 6.10. The maximum Gasteiger partial charge on any atom is 0.122 e. The second kappa shape index (κ2) is 4.99. The van der Waals surface area contributed by atoms with Crippen molar-refractivity contribution >= 4 is 15.9 Å². The van der Waals surface area contributed by atoms with E-state index in [1.807, 2.05) is 25.1 Å². The van der Waals surface area contributed by atoms with Gasteiger partial charge in [-0.2, -0.15) is 0 Å². The molecule has 0 saturated heterocycles. The fraction of sp³-hybridized carbons (Fsp3) is 0.500. The third-order valence-electron chi connectivity index (χ3n) is 2.11. The predicted molar refractivity (Wildman–Crippen MR) is 65.3 cm³/mol. The smallest absolute Gasteiger partial charge is 0.122 e. The summed E-state index contributed by atoms with van der Waals surface area (Å²) in [4.78, 5) is 0. The van der Waals surface area contributed by atoms with Crippen molar-refractivity contribution in [3.05, 3.63) is 28.2 Å². The Morgan fingerprint density at radius 2 is 2.07 bits per heavy atom. The Morgan fingerprint density at radius 1 is 1.40 bits per heavy atom. The van der Waals surface area contributed by atoms with Crippen LogP contribution in [0.25, 0.3) is 0 Å². The number of aliphatic hydroxyl groups is 1. The molecule has 0 heterocycles. The van der Waals surface area contributed by atoms with Crippen LogP contribution in [-0.4, -0.2) is 17.3 Å². The third-order valence-corrected chi connectivity index (χ3v) is 2.60. The molecule has 1 aromatic rings. The lowest BCUT2D eigenvalue weighted by molar-refractivity contribution is 0.0552. The fourth-order valence-corrected chi connectivity index (χ4v) is 1.66. The molecule has 1 aromatic carbocycles. The fourth-order valence-electron chi connectivity index (χ4n) is 1.19. The van der Waals surface area contributed by atoms with Gasteiger partial charge in [-0.3, -0.25) is 0 Å². The van der Waals surface area contributed by atoms with Gasteiger partial charge < -0.3 is 9.84 Å². The number of rotatable bonds is 4. The molecule has 1 N–H and O–H groups in total. The van der Waals surface area contributed by atoms with Crippen LogP contribution in [0.1, 0.15) is 25.8 Å². The molecular formula is C12H17BrO2. The molecule has 0 atom stereocenters. The molecule has 0 aromatic heterocycles. The van der Waals surface area contributed by atoms with Gasteiger partial charge in [-0.15, -0.1) is 0 Å². The summed E-state index contributed by atoms with van der Waals surface area (Å²) in [7, 11) is 0. The monoisotopic (exact) mass is 272 g/mol. The number of benzene rings is 1. The van der Waals surface area contributed by atoms with Gasteiger partial charge >= 0.3 is 0 Å². The summed E-state index contributed by atoms with van der Waals surface area (Å²) < 4.78 is 6.64. The number of ether oxygens (including phenoxy) is 1. The van der Waals surface area contributed by atoms with Crippen molar-refractivity contribution in [1.82, 2.24) is 0 Å². The largest absolute Gasteiger partial charge is 0.493 e. The topological polar surface area (TPSA) is 29.5 Å². The number of aryl methyl sites for hydroxylation is 1. The molecule has 0 unspecified atom stereocenters. The highest BCUT2D eigenvalue weighted by Gasteiger charge is 2.12. The van der Waals surface area contributed by atoms with Crippen molar-refractivity contribution in [3.63, 3.8) is 0 Å². The van der Waals surface area contributed by atoms with E-state index in [4.69, 9.17) is 4.74 Å². The zero-order valence-electron chi connectivity index (χ0n) is 9.38. The number of hydrogen-bond donors (Lipinski definition) is 1. The average Bonchev–Trinajstić information content (AvgIpc) is 2.07. The summed E-state index contributed by atoms with van der Waals surface area (Å²) in [5.41, 5.74) is 0.434. The first-order valence-electron chi connectivity index (χ1n) is 5.00. The van der Waals surface area contributed by atoms with E-state index in [-0.39, 0.29) is 0 Å². The van der Waals surface area contributed by atoms with Crippen LogP contribution in [0.5, 0.6) is 5.75 Å². The van der Waals surface area contributed by atoms with Crippen molar-refractivity contribution in [1.29, 1.82) is 0 Å². The molecule has 0 aliphatic heterocycles. The highest BCUT2D eigenvalue weighted by molar-refractivity contribution is 9.10. The summed E-state index contributed by atoms with van der Waals surface area (Å²) >= 11 is 3.40. The summed E-state index contributed by atoms with van der Waals surface area (Å²) in [5, 5.41) is 9.52. The average molecular weight is 273 g/mol. The van der Waals surface area contributed by atoms with Crippen LogP contribution in [-0.2, 0) is 0 Å². The SMILES string of the molecule is Cc1cc(Br)ccc1OCCC(C)(C)O. The molecule has 1 rings (SSSR count). The molecule has 0 aliphatic carbocycles. The van der Waals surface area contributed by atoms with Crippen molar-refractivity contribution in [2.45, 2.75) is 32.8 Å². The van der Waals surface area contributed by atoms with E-state index in [0.29, 0.717) is 13.0 Å². The molecule has 15 heavy (non-hydrogen) atoms. The first-order chi connectivity index (χ1) is 6.88. The van der Waals surface area contributed by atoms with E-state index in [1.54, 1.807) is 13.8 Å². The van der Waals surface area contributed by atoms with Gasteiger partial charge in [0.05, 0.1) is 12.2 Å². The Bertz CT molecular complexity index is 329. The highest BCUT2D eigenvalue weighted by Crippen LogP contribution is 2.22. The Morgan fingerprint density at radius 3 is 2.60 bits per heavy atom. The Labute approximate surface area is 99.4 Å². The molecule has 0 radical (unpaired) electrons. The van der Waals surface area contributed by atoms with Gasteiger partial charge in [0.2, 0.25) is 0 Å². The summed E-state index contributed by atoms with van der Waals surface area (Å²) in [6, 6.07) is 5.90. The van der Waals surface area contributed by atoms with E-state index >= 15 is 0 Å². The Balaban J connectivity index is 2.51. The molecule has 84 valence electrons. The van der Waals surface area contributed by atoms with E-state index < -0.39 is 5.60 Å². The van der Waals surface area contributed by atoms with Crippen molar-refractivity contribution in [2.24, 2.45) is 0 Å². The van der Waals surface area contributed by atoms with E-state index in [2.05, 4.69) is 15.9 Å². The third kappa shape index (κ3) is 4.67. The van der Waals surface area contributed by atoms with Gasteiger partial charge in [0.1, 0.15) is 5.75 Å². The Hall–Kier alpha value is -0.540. The van der Waals surface area contributed by atoms with Crippen LogP contribution in [0, 0.1) is 6.92 Å². The molecular weight excluding hydrogens is 256 g/mol. The van der Waals surface area contributed by atoms with Gasteiger partial charge in [-0.25, -0.2) is 0 Å². The van der Waals surface area contributed by atoms with Crippen molar-refractivity contribution in [3.8, 4) is 5.75 Å². The molecule has 0 aliphatic rings. The van der Waals surface area contributed by atoms with E-state index in [1.165, 1.54) is 0 Å². The minimum Gasteiger partial charge on any atom is -0.493 e. The lowest BCUT2D eigenvalue weighted by Crippen LogP contribution is -2.21. The van der Waals surface area contributed by atoms with E-state index in [0.717, 1.165) is 15.8 Å². The quantitative estimate of drug-likeness (QED) is 0.912. The first-order valence-corrected chi connectivity index (χ1v) is 5.79. The van der Waals surface area contributed by atoms with Gasteiger partial charge in [-0.05, 0) is 44.5 Å². The van der Waals surface area contributed by atoms with Crippen LogP contribution in [0.3, 0.4) is 0 Å². The van der Waals surface area contributed by atoms with Crippen molar-refractivity contribution < 1.29 is 9.84 Å². The van der Waals surface area contributed by atoms with Gasteiger partial charge in [-0.1, -0.05) is 15.9 Å². The second-order valence-electron chi connectivity index (χ2n) is 4.32. The zero-order valence-corrected chi connectivity index (χ0v) is 11.0. The maximum absolute atomic E-state index is 9.52. The Kier molecular flexibility index (Phi) is 4.17. The lowest BCUT2D eigenvalue weighted by Gasteiger charge is -2.17. The molecule has 0 spiro atoms. The van der Waals surface area contributed by atoms with Gasteiger partial charge in [0, 0.05) is 10.9 Å². The van der Waals surface area contributed by atoms with E-state index in [9.17, 15) is 5.11 Å². The first kappa shape index (κ1) is 12.5. The second-order valence-corrected chi connectivity index (χ2v) is 5.24. The van der Waals surface area contributed by atoms with Crippen LogP contribution >= 0.6 is 15.9 Å². The van der Waals surface area contributed by atoms with Crippen LogP contribution in [0.2, 0.25) is 0 Å². The molecule has 3 heteroatoms. The normalized spacial score (nSPS) is 11.5. The molecule has 0 bridgehead atoms. The molecule has 0 saturated carbocycles. The van der Waals surface area contributed by atoms with Crippen LogP contribution < -0.4 is 4.74 Å². The summed E-state index contributed by atoms with van der Waals surface area (Å²) in [5.74, 6) is 0.877. The van der Waals surface area contributed by atoms with Gasteiger partial charge in [0.15, 0.2) is 0 Å². The standard InChI is InChI=1S/C12H17BrO2/c1-9-8-10(13)4-5-11(9)15-7-6-12(2,3)14/h4-5,8,14H,6-7H2,1-3H3. The maximum atomic E-state index is 9.52. The predicted octanol–water partition coefficient (Wildman–Crippen LogP) is 3.30. The molecule has 0 amide bonds. The van der Waals surface area contributed by atoms with Crippen LogP contribution in [0.15, 0.2) is 22.7 Å². The van der Waals surface area contributed by atoms with Crippen LogP contribution in [0.4, 0.5) is 0 Å². The lowest BCUT2D eigenvalue weighted by atomic mass is 10.1. The molecule has 2 nitrogen and oxygen atoms in total. The van der Waals surface area contributed by atoms with Crippen molar-refractivity contribution in [2.75, 3.05) is 6.61 Å². The number of halogens is 1. The summed E-state index contributed by atoms with van der Waals surface area (Å²) in [6.07, 6.45) is 0.627. The minimum atomic E-state index is -0.663. The number of hydrogen-bond acceptors (Lipinski definition) is 2. The van der Waals surface area contributed by atoms with Gasteiger partial charge in [0.25, 0.3) is 0 Å². The molecule has 0 fully saturated rings. The highest BCUT2D eigenvalue weighted by atomic mass is 79.9. The minimum absolute atomic E-state index is 0.534.